The average Bonchev–Trinajstić information content (AvgIpc) is 2.74. The Morgan fingerprint density at radius 1 is 1.60 bits per heavy atom. The van der Waals surface area contributed by atoms with Gasteiger partial charge in [0.1, 0.15) is 0 Å². The van der Waals surface area contributed by atoms with Crippen LogP contribution in [0.5, 0.6) is 0 Å². The zero-order chi connectivity index (χ0) is 10.9. The number of hydrogen-bond donors (Lipinski definition) is 2. The minimum Gasteiger partial charge on any atom is -0.345 e. The third-order valence-electron chi connectivity index (χ3n) is 1.83. The fourth-order valence-corrected chi connectivity index (χ4v) is 1.73. The molecular formula is C11H14N2OS. The molecule has 0 atom stereocenters. The highest BCUT2D eigenvalue weighted by atomic mass is 32.1. The summed E-state index contributed by atoms with van der Waals surface area (Å²) in [6, 6.07) is 2.07. The monoisotopic (exact) mass is 222 g/mol. The summed E-state index contributed by atoms with van der Waals surface area (Å²) in [5.74, 6) is 2.35. The lowest BCUT2D eigenvalue weighted by molar-refractivity contribution is -0.120. The maximum Gasteiger partial charge on any atom is 0.222 e. The van der Waals surface area contributed by atoms with Gasteiger partial charge in [0.2, 0.25) is 5.91 Å². The molecule has 1 aromatic rings. The van der Waals surface area contributed by atoms with Crippen LogP contribution in [0, 0.1) is 12.3 Å². The Kier molecular flexibility index (Phi) is 5.52. The quantitative estimate of drug-likeness (QED) is 0.556. The third-order valence-corrected chi connectivity index (χ3v) is 2.56. The van der Waals surface area contributed by atoms with Gasteiger partial charge >= 0.3 is 0 Å². The van der Waals surface area contributed by atoms with Gasteiger partial charge in [-0.15, -0.1) is 6.42 Å². The number of nitrogens with one attached hydrogen (secondary N) is 2. The SMILES string of the molecule is C#CCNC(=O)CCNCc1ccsc1. The predicted octanol–water partition coefficient (Wildman–Crippen LogP) is 0.977. The molecule has 80 valence electrons. The van der Waals surface area contributed by atoms with Gasteiger partial charge in [0.15, 0.2) is 0 Å². The fraction of sp³-hybridized carbons (Fsp3) is 0.364. The van der Waals surface area contributed by atoms with Crippen molar-refractivity contribution in [1.29, 1.82) is 0 Å². The molecule has 4 heteroatoms. The van der Waals surface area contributed by atoms with Gasteiger partial charge in [0, 0.05) is 19.5 Å². The van der Waals surface area contributed by atoms with Crippen molar-refractivity contribution in [2.45, 2.75) is 13.0 Å². The molecule has 0 saturated heterocycles. The van der Waals surface area contributed by atoms with Crippen molar-refractivity contribution >= 4 is 17.2 Å². The molecule has 1 rings (SSSR count). The van der Waals surface area contributed by atoms with Crippen LogP contribution in [0.25, 0.3) is 0 Å². The van der Waals surface area contributed by atoms with Gasteiger partial charge in [-0.2, -0.15) is 11.3 Å². The molecule has 2 N–H and O–H groups in total. The van der Waals surface area contributed by atoms with Gasteiger partial charge < -0.3 is 10.6 Å². The van der Waals surface area contributed by atoms with Crippen LogP contribution in [-0.2, 0) is 11.3 Å². The fourth-order valence-electron chi connectivity index (χ4n) is 1.07. The molecule has 0 spiro atoms. The zero-order valence-corrected chi connectivity index (χ0v) is 9.27. The van der Waals surface area contributed by atoms with Crippen molar-refractivity contribution in [1.82, 2.24) is 10.6 Å². The van der Waals surface area contributed by atoms with Gasteiger partial charge in [0.05, 0.1) is 6.54 Å². The summed E-state index contributed by atoms with van der Waals surface area (Å²) in [5, 5.41) is 9.93. The summed E-state index contributed by atoms with van der Waals surface area (Å²) < 4.78 is 0. The van der Waals surface area contributed by atoms with Crippen molar-refractivity contribution in [3.63, 3.8) is 0 Å². The molecule has 0 aliphatic heterocycles. The van der Waals surface area contributed by atoms with Crippen LogP contribution in [-0.4, -0.2) is 19.0 Å². The van der Waals surface area contributed by atoms with E-state index in [0.29, 0.717) is 19.5 Å². The molecule has 0 unspecified atom stereocenters. The number of terminal acetylenes is 1. The highest BCUT2D eigenvalue weighted by Gasteiger charge is 1.98. The third kappa shape index (κ3) is 5.21. The van der Waals surface area contributed by atoms with E-state index in [0.717, 1.165) is 6.54 Å². The second-order valence-electron chi connectivity index (χ2n) is 3.04. The second kappa shape index (κ2) is 7.04. The molecule has 15 heavy (non-hydrogen) atoms. The molecule has 0 aromatic carbocycles. The van der Waals surface area contributed by atoms with E-state index in [1.807, 2.05) is 5.38 Å². The summed E-state index contributed by atoms with van der Waals surface area (Å²) in [4.78, 5) is 11.1. The second-order valence-corrected chi connectivity index (χ2v) is 3.82. The summed E-state index contributed by atoms with van der Waals surface area (Å²) in [6.07, 6.45) is 5.48. The molecular weight excluding hydrogens is 208 g/mol. The van der Waals surface area contributed by atoms with E-state index in [-0.39, 0.29) is 5.91 Å². The lowest BCUT2D eigenvalue weighted by Crippen LogP contribution is -2.27. The molecule has 0 saturated carbocycles. The van der Waals surface area contributed by atoms with Crippen LogP contribution >= 0.6 is 11.3 Å². The first kappa shape index (κ1) is 11.8. The topological polar surface area (TPSA) is 41.1 Å². The van der Waals surface area contributed by atoms with Crippen LogP contribution in [0.4, 0.5) is 0 Å². The summed E-state index contributed by atoms with van der Waals surface area (Å²) >= 11 is 1.67. The van der Waals surface area contributed by atoms with Gasteiger partial charge in [-0.3, -0.25) is 4.79 Å². The van der Waals surface area contributed by atoms with Crippen LogP contribution in [0.15, 0.2) is 16.8 Å². The normalized spacial score (nSPS) is 9.53. The van der Waals surface area contributed by atoms with E-state index < -0.39 is 0 Å². The number of carbonyl (C=O) groups excluding carboxylic acids is 1. The lowest BCUT2D eigenvalue weighted by atomic mass is 10.3. The van der Waals surface area contributed by atoms with E-state index in [1.54, 1.807) is 11.3 Å². The minimum atomic E-state index is -0.00855. The van der Waals surface area contributed by atoms with Gasteiger partial charge in [0.25, 0.3) is 0 Å². The number of rotatable bonds is 6. The van der Waals surface area contributed by atoms with Crippen LogP contribution < -0.4 is 10.6 Å². The van der Waals surface area contributed by atoms with E-state index in [4.69, 9.17) is 6.42 Å². The van der Waals surface area contributed by atoms with Gasteiger partial charge in [-0.1, -0.05) is 5.92 Å². The van der Waals surface area contributed by atoms with E-state index >= 15 is 0 Å². The Morgan fingerprint density at radius 2 is 2.47 bits per heavy atom. The molecule has 1 heterocycles. The summed E-state index contributed by atoms with van der Waals surface area (Å²) in [5.41, 5.74) is 1.25. The van der Waals surface area contributed by atoms with Crippen LogP contribution in [0.2, 0.25) is 0 Å². The van der Waals surface area contributed by atoms with Crippen molar-refractivity contribution < 1.29 is 4.79 Å². The standard InChI is InChI=1S/C11H14N2OS/c1-2-5-13-11(14)3-6-12-8-10-4-7-15-9-10/h1,4,7,9,12H,3,5-6,8H2,(H,13,14). The Bertz CT molecular complexity index is 327. The Labute approximate surface area is 93.9 Å². The highest BCUT2D eigenvalue weighted by molar-refractivity contribution is 7.07. The Balaban J connectivity index is 2.02. The molecule has 0 fully saturated rings. The zero-order valence-electron chi connectivity index (χ0n) is 8.45. The molecule has 0 bridgehead atoms. The molecule has 0 aliphatic carbocycles. The highest BCUT2D eigenvalue weighted by Crippen LogP contribution is 2.04. The average molecular weight is 222 g/mol. The van der Waals surface area contributed by atoms with Crippen molar-refractivity contribution in [2.24, 2.45) is 0 Å². The first-order valence-electron chi connectivity index (χ1n) is 4.75. The number of hydrogen-bond acceptors (Lipinski definition) is 3. The van der Waals surface area contributed by atoms with Crippen LogP contribution in [0.1, 0.15) is 12.0 Å². The Morgan fingerprint density at radius 3 is 3.13 bits per heavy atom. The van der Waals surface area contributed by atoms with Crippen molar-refractivity contribution in [3.05, 3.63) is 22.4 Å². The first-order chi connectivity index (χ1) is 7.33. The molecule has 3 nitrogen and oxygen atoms in total. The maximum atomic E-state index is 11.1. The largest absolute Gasteiger partial charge is 0.345 e. The van der Waals surface area contributed by atoms with Crippen LogP contribution in [0.3, 0.4) is 0 Å². The van der Waals surface area contributed by atoms with Gasteiger partial charge in [-0.25, -0.2) is 0 Å². The van der Waals surface area contributed by atoms with Crippen molar-refractivity contribution in [2.75, 3.05) is 13.1 Å². The lowest BCUT2D eigenvalue weighted by Gasteiger charge is -2.03. The Hall–Kier alpha value is -1.31. The minimum absolute atomic E-state index is 0.00855. The van der Waals surface area contributed by atoms with Crippen molar-refractivity contribution in [3.8, 4) is 12.3 Å². The van der Waals surface area contributed by atoms with Gasteiger partial charge in [-0.05, 0) is 22.4 Å². The summed E-state index contributed by atoms with van der Waals surface area (Å²) in [7, 11) is 0. The number of amides is 1. The number of carbonyl (C=O) groups is 1. The number of thiophene rings is 1. The molecule has 1 amide bonds. The molecule has 0 aliphatic rings. The molecule has 1 aromatic heterocycles. The summed E-state index contributed by atoms with van der Waals surface area (Å²) in [6.45, 7) is 1.79. The van der Waals surface area contributed by atoms with E-state index in [1.165, 1.54) is 5.56 Å². The predicted molar refractivity (Wildman–Crippen MR) is 62.5 cm³/mol. The first-order valence-corrected chi connectivity index (χ1v) is 5.69. The van der Waals surface area contributed by atoms with E-state index in [2.05, 4.69) is 28.0 Å². The molecule has 0 radical (unpaired) electrons. The maximum absolute atomic E-state index is 11.1. The smallest absolute Gasteiger partial charge is 0.222 e. The van der Waals surface area contributed by atoms with E-state index in [9.17, 15) is 4.79 Å².